The molecule has 0 unspecified atom stereocenters. The zero-order chi connectivity index (χ0) is 21.8. The molecule has 9 heteroatoms. The van der Waals surface area contributed by atoms with Crippen LogP contribution in [-0.4, -0.2) is 36.8 Å². The van der Waals surface area contributed by atoms with Gasteiger partial charge in [0, 0.05) is 26.0 Å². The second kappa shape index (κ2) is 9.11. The van der Waals surface area contributed by atoms with Gasteiger partial charge in [0.1, 0.15) is 5.82 Å². The number of anilines is 2. The van der Waals surface area contributed by atoms with E-state index in [-0.39, 0.29) is 36.4 Å². The van der Waals surface area contributed by atoms with Crippen LogP contribution in [0, 0.1) is 5.92 Å². The SMILES string of the molecule is Cn1nccc1Nc1nnc(C(=O)Cc2ccc(C3CCC(CC(=O)O)CC3)cc2)o1. The molecule has 3 aromatic rings. The molecule has 0 amide bonds. The van der Waals surface area contributed by atoms with Gasteiger partial charge in [-0.05, 0) is 48.6 Å². The topological polar surface area (TPSA) is 123 Å². The second-order valence-electron chi connectivity index (χ2n) is 8.03. The zero-order valence-corrected chi connectivity index (χ0v) is 17.3. The Balaban J connectivity index is 1.31. The van der Waals surface area contributed by atoms with Gasteiger partial charge in [-0.3, -0.25) is 19.6 Å². The number of carboxylic acids is 1. The molecular formula is C22H25N5O4. The van der Waals surface area contributed by atoms with Gasteiger partial charge in [0.2, 0.25) is 5.78 Å². The van der Waals surface area contributed by atoms with Gasteiger partial charge in [0.05, 0.1) is 6.20 Å². The van der Waals surface area contributed by atoms with Crippen molar-refractivity contribution in [3.05, 3.63) is 53.5 Å². The van der Waals surface area contributed by atoms with E-state index in [1.54, 1.807) is 24.0 Å². The fraction of sp³-hybridized carbons (Fsp3) is 0.409. The summed E-state index contributed by atoms with van der Waals surface area (Å²) in [5, 5.41) is 23.6. The lowest BCUT2D eigenvalue weighted by molar-refractivity contribution is -0.138. The molecule has 1 aromatic carbocycles. The van der Waals surface area contributed by atoms with Gasteiger partial charge >= 0.3 is 12.0 Å². The minimum atomic E-state index is -0.710. The molecule has 0 radical (unpaired) electrons. The van der Waals surface area contributed by atoms with Crippen LogP contribution in [0.1, 0.15) is 59.8 Å². The Hall–Kier alpha value is -3.49. The van der Waals surface area contributed by atoms with Gasteiger partial charge in [0.25, 0.3) is 5.89 Å². The van der Waals surface area contributed by atoms with E-state index in [2.05, 4.69) is 32.7 Å². The fourth-order valence-electron chi connectivity index (χ4n) is 4.11. The molecule has 1 aliphatic carbocycles. The van der Waals surface area contributed by atoms with Crippen molar-refractivity contribution in [2.75, 3.05) is 5.32 Å². The molecule has 0 bridgehead atoms. The van der Waals surface area contributed by atoms with E-state index in [0.29, 0.717) is 11.7 Å². The third-order valence-electron chi connectivity index (χ3n) is 5.85. The number of carboxylic acid groups (broad SMARTS) is 1. The number of carbonyl (C=O) groups excluding carboxylic acids is 1. The predicted molar refractivity (Wildman–Crippen MR) is 112 cm³/mol. The summed E-state index contributed by atoms with van der Waals surface area (Å²) in [6.45, 7) is 0. The number of carbonyl (C=O) groups is 2. The van der Waals surface area contributed by atoms with Crippen molar-refractivity contribution >= 4 is 23.6 Å². The van der Waals surface area contributed by atoms with Gasteiger partial charge in [-0.1, -0.05) is 29.4 Å². The Bertz CT molecular complexity index is 1050. The lowest BCUT2D eigenvalue weighted by Gasteiger charge is -2.28. The smallest absolute Gasteiger partial charge is 0.321 e. The number of Topliss-reactive ketones (excluding diaryl/α,β-unsaturated/α-hetero) is 1. The second-order valence-corrected chi connectivity index (χ2v) is 8.03. The van der Waals surface area contributed by atoms with E-state index in [0.717, 1.165) is 31.2 Å². The number of hydrogen-bond donors (Lipinski definition) is 2. The number of nitrogens with one attached hydrogen (secondary N) is 1. The summed E-state index contributed by atoms with van der Waals surface area (Å²) in [5.74, 6) is 0.426. The van der Waals surface area contributed by atoms with Gasteiger partial charge in [-0.2, -0.15) is 5.10 Å². The number of ketones is 1. The van der Waals surface area contributed by atoms with Crippen LogP contribution in [0.15, 0.2) is 40.9 Å². The van der Waals surface area contributed by atoms with E-state index >= 15 is 0 Å². The Morgan fingerprint density at radius 3 is 2.52 bits per heavy atom. The van der Waals surface area contributed by atoms with Crippen LogP contribution in [0.5, 0.6) is 0 Å². The van der Waals surface area contributed by atoms with Crippen molar-refractivity contribution in [3.8, 4) is 0 Å². The van der Waals surface area contributed by atoms with E-state index in [4.69, 9.17) is 9.52 Å². The van der Waals surface area contributed by atoms with E-state index in [1.165, 1.54) is 5.56 Å². The summed E-state index contributed by atoms with van der Waals surface area (Å²) >= 11 is 0. The molecular weight excluding hydrogens is 398 g/mol. The number of nitrogens with zero attached hydrogens (tertiary/aromatic N) is 4. The lowest BCUT2D eigenvalue weighted by Crippen LogP contribution is -2.16. The molecule has 0 aliphatic heterocycles. The first-order chi connectivity index (χ1) is 15.0. The first-order valence-electron chi connectivity index (χ1n) is 10.4. The van der Waals surface area contributed by atoms with E-state index < -0.39 is 5.97 Å². The minimum Gasteiger partial charge on any atom is -0.481 e. The Kier molecular flexibility index (Phi) is 6.11. The molecule has 1 fully saturated rings. The van der Waals surface area contributed by atoms with Gasteiger partial charge < -0.3 is 9.52 Å². The third-order valence-corrected chi connectivity index (χ3v) is 5.85. The maximum atomic E-state index is 12.5. The molecule has 0 atom stereocenters. The van der Waals surface area contributed by atoms with Crippen molar-refractivity contribution in [1.82, 2.24) is 20.0 Å². The number of benzene rings is 1. The summed E-state index contributed by atoms with van der Waals surface area (Å²) in [6.07, 6.45) is 5.99. The van der Waals surface area contributed by atoms with E-state index in [9.17, 15) is 9.59 Å². The third kappa shape index (κ3) is 5.17. The highest BCUT2D eigenvalue weighted by Crippen LogP contribution is 2.37. The maximum absolute atomic E-state index is 12.5. The Labute approximate surface area is 179 Å². The van der Waals surface area contributed by atoms with Crippen molar-refractivity contribution in [2.45, 2.75) is 44.4 Å². The van der Waals surface area contributed by atoms with Crippen molar-refractivity contribution in [2.24, 2.45) is 13.0 Å². The molecule has 31 heavy (non-hydrogen) atoms. The summed E-state index contributed by atoms with van der Waals surface area (Å²) < 4.78 is 7.05. The number of aromatic nitrogens is 4. The van der Waals surface area contributed by atoms with Crippen LogP contribution in [0.25, 0.3) is 0 Å². The number of aliphatic carboxylic acids is 1. The summed E-state index contributed by atoms with van der Waals surface area (Å²) in [5.41, 5.74) is 2.12. The normalized spacial score (nSPS) is 18.6. The van der Waals surface area contributed by atoms with Gasteiger partial charge in [-0.25, -0.2) is 0 Å². The van der Waals surface area contributed by atoms with Crippen molar-refractivity contribution < 1.29 is 19.1 Å². The first kappa shape index (κ1) is 20.8. The summed E-state index contributed by atoms with van der Waals surface area (Å²) in [4.78, 5) is 23.4. The zero-order valence-electron chi connectivity index (χ0n) is 17.3. The van der Waals surface area contributed by atoms with E-state index in [1.807, 2.05) is 12.1 Å². The molecule has 1 aliphatic rings. The van der Waals surface area contributed by atoms with Crippen LogP contribution >= 0.6 is 0 Å². The average Bonchev–Trinajstić information content (AvgIpc) is 3.38. The van der Waals surface area contributed by atoms with Crippen LogP contribution in [0.4, 0.5) is 11.8 Å². The van der Waals surface area contributed by atoms with Gasteiger partial charge in [0.15, 0.2) is 0 Å². The van der Waals surface area contributed by atoms with Crippen LogP contribution < -0.4 is 5.32 Å². The molecule has 9 nitrogen and oxygen atoms in total. The highest BCUT2D eigenvalue weighted by Gasteiger charge is 2.24. The Morgan fingerprint density at radius 2 is 1.87 bits per heavy atom. The highest BCUT2D eigenvalue weighted by atomic mass is 16.4. The quantitative estimate of drug-likeness (QED) is 0.526. The molecule has 4 rings (SSSR count). The molecule has 0 spiro atoms. The molecule has 2 heterocycles. The fourth-order valence-corrected chi connectivity index (χ4v) is 4.11. The van der Waals surface area contributed by atoms with Crippen LogP contribution in [0.2, 0.25) is 0 Å². The van der Waals surface area contributed by atoms with Crippen molar-refractivity contribution in [3.63, 3.8) is 0 Å². The molecule has 2 N–H and O–H groups in total. The lowest BCUT2D eigenvalue weighted by atomic mass is 9.77. The van der Waals surface area contributed by atoms with Crippen LogP contribution in [-0.2, 0) is 18.3 Å². The summed E-state index contributed by atoms with van der Waals surface area (Å²) in [6, 6.07) is 9.94. The number of hydrogen-bond acceptors (Lipinski definition) is 7. The number of aryl methyl sites for hydroxylation is 1. The molecule has 2 aromatic heterocycles. The van der Waals surface area contributed by atoms with Crippen LogP contribution in [0.3, 0.4) is 0 Å². The maximum Gasteiger partial charge on any atom is 0.321 e. The standard InChI is InChI=1S/C22H25N5O4/c1-27-19(10-11-23-27)24-22-26-25-21(31-22)18(28)12-14-2-6-16(7-3-14)17-8-4-15(5-9-17)13-20(29)30/h2-3,6-7,10-11,15,17H,4-5,8-9,12-13H2,1H3,(H,24,26)(H,29,30). The van der Waals surface area contributed by atoms with Gasteiger partial charge in [-0.15, -0.1) is 5.10 Å². The molecule has 162 valence electrons. The monoisotopic (exact) mass is 423 g/mol. The largest absolute Gasteiger partial charge is 0.481 e. The highest BCUT2D eigenvalue weighted by molar-refractivity contribution is 5.93. The molecule has 1 saturated carbocycles. The minimum absolute atomic E-state index is 0.0366. The number of rotatable bonds is 8. The molecule has 0 saturated heterocycles. The average molecular weight is 423 g/mol. The van der Waals surface area contributed by atoms with Crippen molar-refractivity contribution in [1.29, 1.82) is 0 Å². The first-order valence-corrected chi connectivity index (χ1v) is 10.4. The Morgan fingerprint density at radius 1 is 1.13 bits per heavy atom. The summed E-state index contributed by atoms with van der Waals surface area (Å²) in [7, 11) is 1.77. The predicted octanol–water partition coefficient (Wildman–Crippen LogP) is 3.72.